The van der Waals surface area contributed by atoms with Gasteiger partial charge < -0.3 is 5.11 Å². The van der Waals surface area contributed by atoms with Crippen LogP contribution in [0.5, 0.6) is 5.75 Å². The van der Waals surface area contributed by atoms with Crippen LogP contribution in [0.2, 0.25) is 0 Å². The number of hydrogen-bond donors (Lipinski definition) is 1. The summed E-state index contributed by atoms with van der Waals surface area (Å²) in [5, 5.41) is 9.76. The molecule has 0 heterocycles. The smallest absolute Gasteiger partial charge is 0.119 e. The van der Waals surface area contributed by atoms with Gasteiger partial charge in [-0.1, -0.05) is 32.9 Å². The van der Waals surface area contributed by atoms with E-state index in [4.69, 9.17) is 0 Å². The molecular weight excluding hydrogens is 160 g/mol. The van der Waals surface area contributed by atoms with Crippen molar-refractivity contribution in [3.05, 3.63) is 29.3 Å². The normalized spacial score (nSPS) is 11.7. The lowest BCUT2D eigenvalue weighted by atomic mass is 9.79. The molecule has 1 nitrogen and oxygen atoms in total. The van der Waals surface area contributed by atoms with Crippen LogP contribution in [-0.4, -0.2) is 5.11 Å². The summed E-state index contributed by atoms with van der Waals surface area (Å²) in [5.41, 5.74) is 2.32. The molecular formula is C12H18O. The van der Waals surface area contributed by atoms with Crippen LogP contribution >= 0.6 is 0 Å². The number of rotatable bonds is 2. The fourth-order valence-corrected chi connectivity index (χ4v) is 1.71. The standard InChI is InChI=1S/C12H18O/c1-5-12(3,4)11-9(2)7-6-8-10(11)13/h6-8,13H,5H2,1-4H3. The third-order valence-electron chi connectivity index (χ3n) is 2.81. The zero-order valence-corrected chi connectivity index (χ0v) is 8.89. The molecule has 0 bridgehead atoms. The lowest BCUT2D eigenvalue weighted by Gasteiger charge is -2.26. The summed E-state index contributed by atoms with van der Waals surface area (Å²) in [6.07, 6.45) is 1.03. The van der Waals surface area contributed by atoms with E-state index >= 15 is 0 Å². The fraction of sp³-hybridized carbons (Fsp3) is 0.500. The van der Waals surface area contributed by atoms with Crippen molar-refractivity contribution in [2.24, 2.45) is 0 Å². The monoisotopic (exact) mass is 178 g/mol. The fourth-order valence-electron chi connectivity index (χ4n) is 1.71. The number of phenolic OH excluding ortho intramolecular Hbond substituents is 1. The number of phenols is 1. The van der Waals surface area contributed by atoms with Gasteiger partial charge in [0.2, 0.25) is 0 Å². The molecule has 72 valence electrons. The average molecular weight is 178 g/mol. The Labute approximate surface area is 80.4 Å². The van der Waals surface area contributed by atoms with Crippen LogP contribution < -0.4 is 0 Å². The minimum Gasteiger partial charge on any atom is -0.508 e. The molecule has 0 amide bonds. The second kappa shape index (κ2) is 3.41. The predicted octanol–water partition coefficient (Wildman–Crippen LogP) is 3.39. The molecule has 0 saturated heterocycles. The summed E-state index contributed by atoms with van der Waals surface area (Å²) >= 11 is 0. The molecule has 0 atom stereocenters. The Kier molecular flexibility index (Phi) is 2.65. The second-order valence-corrected chi connectivity index (χ2v) is 4.21. The van der Waals surface area contributed by atoms with E-state index in [0.29, 0.717) is 5.75 Å². The van der Waals surface area contributed by atoms with E-state index in [1.54, 1.807) is 6.07 Å². The molecule has 0 aromatic heterocycles. The highest BCUT2D eigenvalue weighted by Crippen LogP contribution is 2.35. The first-order valence-electron chi connectivity index (χ1n) is 4.78. The first-order chi connectivity index (χ1) is 5.99. The van der Waals surface area contributed by atoms with E-state index in [0.717, 1.165) is 12.0 Å². The summed E-state index contributed by atoms with van der Waals surface area (Å²) in [7, 11) is 0. The van der Waals surface area contributed by atoms with Gasteiger partial charge in [0, 0.05) is 5.56 Å². The van der Waals surface area contributed by atoms with E-state index in [1.807, 2.05) is 19.1 Å². The Hall–Kier alpha value is -0.980. The summed E-state index contributed by atoms with van der Waals surface area (Å²) in [6, 6.07) is 5.70. The van der Waals surface area contributed by atoms with Gasteiger partial charge >= 0.3 is 0 Å². The highest BCUT2D eigenvalue weighted by Gasteiger charge is 2.23. The lowest BCUT2D eigenvalue weighted by Crippen LogP contribution is -2.17. The predicted molar refractivity (Wildman–Crippen MR) is 56.2 cm³/mol. The van der Waals surface area contributed by atoms with Crippen molar-refractivity contribution in [3.63, 3.8) is 0 Å². The van der Waals surface area contributed by atoms with Gasteiger partial charge in [-0.05, 0) is 30.4 Å². The van der Waals surface area contributed by atoms with E-state index < -0.39 is 0 Å². The zero-order chi connectivity index (χ0) is 10.1. The van der Waals surface area contributed by atoms with Crippen LogP contribution in [0.3, 0.4) is 0 Å². The van der Waals surface area contributed by atoms with Gasteiger partial charge in [0.05, 0.1) is 0 Å². The highest BCUT2D eigenvalue weighted by molar-refractivity contribution is 5.43. The molecule has 1 heteroatoms. The third kappa shape index (κ3) is 1.85. The van der Waals surface area contributed by atoms with Crippen molar-refractivity contribution < 1.29 is 5.11 Å². The molecule has 0 radical (unpaired) electrons. The van der Waals surface area contributed by atoms with Crippen molar-refractivity contribution in [2.45, 2.75) is 39.5 Å². The molecule has 0 unspecified atom stereocenters. The molecule has 1 aromatic carbocycles. The van der Waals surface area contributed by atoms with E-state index in [-0.39, 0.29) is 5.41 Å². The van der Waals surface area contributed by atoms with Crippen molar-refractivity contribution in [1.29, 1.82) is 0 Å². The van der Waals surface area contributed by atoms with Gasteiger partial charge in [0.25, 0.3) is 0 Å². The van der Waals surface area contributed by atoms with Gasteiger partial charge in [-0.3, -0.25) is 0 Å². The van der Waals surface area contributed by atoms with Crippen LogP contribution in [0.1, 0.15) is 38.3 Å². The number of hydrogen-bond acceptors (Lipinski definition) is 1. The zero-order valence-electron chi connectivity index (χ0n) is 8.89. The average Bonchev–Trinajstić information content (AvgIpc) is 2.03. The van der Waals surface area contributed by atoms with Crippen LogP contribution in [0.15, 0.2) is 18.2 Å². The number of benzene rings is 1. The lowest BCUT2D eigenvalue weighted by molar-refractivity contribution is 0.427. The van der Waals surface area contributed by atoms with Gasteiger partial charge in [-0.2, -0.15) is 0 Å². The van der Waals surface area contributed by atoms with Gasteiger partial charge in [0.1, 0.15) is 5.75 Å². The number of aromatic hydroxyl groups is 1. The first kappa shape index (κ1) is 10.1. The topological polar surface area (TPSA) is 20.2 Å². The molecule has 0 aliphatic rings. The van der Waals surface area contributed by atoms with Crippen LogP contribution in [0.4, 0.5) is 0 Å². The van der Waals surface area contributed by atoms with Gasteiger partial charge in [-0.15, -0.1) is 0 Å². The SMILES string of the molecule is CCC(C)(C)c1c(C)cccc1O. The first-order valence-corrected chi connectivity index (χ1v) is 4.78. The van der Waals surface area contributed by atoms with Gasteiger partial charge in [-0.25, -0.2) is 0 Å². The van der Waals surface area contributed by atoms with E-state index in [9.17, 15) is 5.11 Å². The summed E-state index contributed by atoms with van der Waals surface area (Å²) in [5.74, 6) is 0.423. The van der Waals surface area contributed by atoms with Gasteiger partial charge in [0.15, 0.2) is 0 Å². The molecule has 1 aromatic rings. The Morgan fingerprint density at radius 3 is 2.38 bits per heavy atom. The molecule has 0 aliphatic carbocycles. The van der Waals surface area contributed by atoms with Crippen molar-refractivity contribution in [3.8, 4) is 5.75 Å². The number of aryl methyl sites for hydroxylation is 1. The summed E-state index contributed by atoms with van der Waals surface area (Å²) in [6.45, 7) is 8.52. The minimum absolute atomic E-state index is 0.0649. The van der Waals surface area contributed by atoms with Crippen LogP contribution in [0.25, 0.3) is 0 Å². The van der Waals surface area contributed by atoms with Crippen LogP contribution in [-0.2, 0) is 5.41 Å². The maximum absolute atomic E-state index is 9.76. The van der Waals surface area contributed by atoms with Crippen LogP contribution in [0, 0.1) is 6.92 Å². The summed E-state index contributed by atoms with van der Waals surface area (Å²) < 4.78 is 0. The molecule has 1 N–H and O–H groups in total. The van der Waals surface area contributed by atoms with Crippen molar-refractivity contribution in [2.75, 3.05) is 0 Å². The molecule has 0 fully saturated rings. The van der Waals surface area contributed by atoms with Crippen molar-refractivity contribution in [1.82, 2.24) is 0 Å². The van der Waals surface area contributed by atoms with Crippen molar-refractivity contribution >= 4 is 0 Å². The summed E-state index contributed by atoms with van der Waals surface area (Å²) in [4.78, 5) is 0. The second-order valence-electron chi connectivity index (χ2n) is 4.21. The Morgan fingerprint density at radius 1 is 1.31 bits per heavy atom. The Balaban J connectivity index is 3.28. The molecule has 1 rings (SSSR count). The quantitative estimate of drug-likeness (QED) is 0.736. The van der Waals surface area contributed by atoms with E-state index in [2.05, 4.69) is 20.8 Å². The van der Waals surface area contributed by atoms with E-state index in [1.165, 1.54) is 5.56 Å². The molecule has 0 spiro atoms. The molecule has 13 heavy (non-hydrogen) atoms. The minimum atomic E-state index is 0.0649. The largest absolute Gasteiger partial charge is 0.508 e. The maximum atomic E-state index is 9.76. The Bertz CT molecular complexity index is 280. The highest BCUT2D eigenvalue weighted by atomic mass is 16.3. The Morgan fingerprint density at radius 2 is 1.92 bits per heavy atom. The molecule has 0 saturated carbocycles. The third-order valence-corrected chi connectivity index (χ3v) is 2.81. The maximum Gasteiger partial charge on any atom is 0.119 e. The molecule has 0 aliphatic heterocycles.